The van der Waals surface area contributed by atoms with Crippen LogP contribution in [0.5, 0.6) is 0 Å². The maximum Gasteiger partial charge on any atom is 0.306 e. The molecule has 4 atom stereocenters. The first-order valence-electron chi connectivity index (χ1n) is 18.1. The van der Waals surface area contributed by atoms with Gasteiger partial charge in [0.15, 0.2) is 6.10 Å². The molecule has 3 unspecified atom stereocenters. The van der Waals surface area contributed by atoms with E-state index >= 15 is 0 Å². The van der Waals surface area contributed by atoms with E-state index in [1.165, 1.54) is 70.6 Å². The van der Waals surface area contributed by atoms with Crippen LogP contribution in [0.15, 0.2) is 36.5 Å². The lowest BCUT2D eigenvalue weighted by atomic mass is 9.99. The molecule has 0 aromatic heterocycles. The highest BCUT2D eigenvalue weighted by Crippen LogP contribution is 2.29. The van der Waals surface area contributed by atoms with Gasteiger partial charge in [-0.3, -0.25) is 9.59 Å². The van der Waals surface area contributed by atoms with Crippen LogP contribution in [0.25, 0.3) is 0 Å². The van der Waals surface area contributed by atoms with Gasteiger partial charge in [0.1, 0.15) is 6.61 Å². The van der Waals surface area contributed by atoms with Crippen LogP contribution < -0.4 is 0 Å². The Morgan fingerprint density at radius 3 is 2.00 bits per heavy atom. The van der Waals surface area contributed by atoms with Crippen molar-refractivity contribution in [2.45, 2.75) is 174 Å². The molecule has 1 saturated heterocycles. The summed E-state index contributed by atoms with van der Waals surface area (Å²) in [4.78, 5) is 24.2. The molecule has 254 valence electrons. The number of allylic oxidation sites excluding steroid dienone is 4. The summed E-state index contributed by atoms with van der Waals surface area (Å²) < 4.78 is 16.3. The second-order valence-electron chi connectivity index (χ2n) is 12.6. The quantitative estimate of drug-likeness (QED) is 0.0373. The number of hydrogen-bond donors (Lipinski definition) is 1. The number of ether oxygens (including phenoxy) is 3. The van der Waals surface area contributed by atoms with E-state index in [0.29, 0.717) is 25.0 Å². The molecular weight excluding hydrogens is 552 g/mol. The van der Waals surface area contributed by atoms with Gasteiger partial charge in [0.25, 0.3) is 0 Å². The first-order valence-corrected chi connectivity index (χ1v) is 18.1. The number of rotatable bonds is 30. The highest BCUT2D eigenvalue weighted by Gasteiger charge is 2.35. The zero-order chi connectivity index (χ0) is 32.1. The van der Waals surface area contributed by atoms with Gasteiger partial charge in [-0.05, 0) is 57.3 Å². The molecule has 1 aliphatic heterocycles. The zero-order valence-electron chi connectivity index (χ0n) is 28.5. The molecule has 0 aliphatic carbocycles. The first kappa shape index (κ1) is 40.1. The SMILES string of the molecule is CCCCC/C=C\C/C=C\CC1OC1C/C=C\CCCC(=O)O[C@@H](CO)COC(=O)CCCCCCCCCCC(C)CC. The van der Waals surface area contributed by atoms with E-state index in [1.807, 2.05) is 0 Å². The first-order chi connectivity index (χ1) is 21.5. The lowest BCUT2D eigenvalue weighted by Gasteiger charge is -2.15. The van der Waals surface area contributed by atoms with Gasteiger partial charge in [0, 0.05) is 12.8 Å². The molecule has 0 amide bonds. The van der Waals surface area contributed by atoms with Crippen LogP contribution >= 0.6 is 0 Å². The van der Waals surface area contributed by atoms with E-state index < -0.39 is 6.10 Å². The van der Waals surface area contributed by atoms with E-state index in [1.54, 1.807) is 0 Å². The summed E-state index contributed by atoms with van der Waals surface area (Å²) in [6, 6.07) is 0. The fourth-order valence-electron chi connectivity index (χ4n) is 5.09. The molecular formula is C38H66O6. The number of carbonyl (C=O) groups excluding carboxylic acids is 2. The summed E-state index contributed by atoms with van der Waals surface area (Å²) in [5.74, 6) is 0.185. The monoisotopic (exact) mass is 618 g/mol. The minimum atomic E-state index is -0.804. The number of aliphatic hydroxyl groups is 1. The Labute approximate surface area is 270 Å². The summed E-state index contributed by atoms with van der Waals surface area (Å²) >= 11 is 0. The van der Waals surface area contributed by atoms with Crippen LogP contribution in [-0.2, 0) is 23.8 Å². The minimum Gasteiger partial charge on any atom is -0.462 e. The van der Waals surface area contributed by atoms with Gasteiger partial charge in [-0.2, -0.15) is 0 Å². The summed E-state index contributed by atoms with van der Waals surface area (Å²) in [6.45, 7) is 6.37. The Balaban J connectivity index is 1.97. The molecule has 0 saturated carbocycles. The second kappa shape index (κ2) is 28.5. The fourth-order valence-corrected chi connectivity index (χ4v) is 5.09. The average molecular weight is 619 g/mol. The molecule has 6 nitrogen and oxygen atoms in total. The van der Waals surface area contributed by atoms with Crippen LogP contribution in [0, 0.1) is 5.92 Å². The van der Waals surface area contributed by atoms with Crippen molar-refractivity contribution in [2.24, 2.45) is 5.92 Å². The van der Waals surface area contributed by atoms with Gasteiger partial charge in [-0.25, -0.2) is 0 Å². The maximum absolute atomic E-state index is 12.1. The average Bonchev–Trinajstić information content (AvgIpc) is 3.78. The van der Waals surface area contributed by atoms with Gasteiger partial charge < -0.3 is 19.3 Å². The summed E-state index contributed by atoms with van der Waals surface area (Å²) in [5.41, 5.74) is 0. The van der Waals surface area contributed by atoms with E-state index in [4.69, 9.17) is 14.2 Å². The number of carbonyl (C=O) groups is 2. The van der Waals surface area contributed by atoms with E-state index in [0.717, 1.165) is 50.9 Å². The van der Waals surface area contributed by atoms with E-state index in [2.05, 4.69) is 57.2 Å². The van der Waals surface area contributed by atoms with Gasteiger partial charge in [0.2, 0.25) is 0 Å². The minimum absolute atomic E-state index is 0.0921. The lowest BCUT2D eigenvalue weighted by Crippen LogP contribution is -2.28. The molecule has 1 fully saturated rings. The Morgan fingerprint density at radius 1 is 0.727 bits per heavy atom. The van der Waals surface area contributed by atoms with Crippen molar-refractivity contribution in [1.29, 1.82) is 0 Å². The fraction of sp³-hybridized carbons (Fsp3) is 0.789. The molecule has 0 bridgehead atoms. The standard InChI is InChI=1S/C38H66O6/c1-4-6-7-8-9-10-14-17-22-27-35-36(44-35)28-23-19-20-25-30-38(41)43-34(31-39)32-42-37(40)29-24-18-15-12-11-13-16-21-26-33(3)5-2/h9-10,17,19,22-23,33-36,39H,4-8,11-16,18,20-21,24-32H2,1-3H3/b10-9-,22-17-,23-19-/t33?,34-,35?,36?/m0/s1. The smallest absolute Gasteiger partial charge is 0.306 e. The molecule has 1 rings (SSSR count). The second-order valence-corrected chi connectivity index (χ2v) is 12.6. The van der Waals surface area contributed by atoms with E-state index in [-0.39, 0.29) is 31.6 Å². The molecule has 1 N–H and O–H groups in total. The predicted molar refractivity (Wildman–Crippen MR) is 181 cm³/mol. The van der Waals surface area contributed by atoms with Crippen molar-refractivity contribution in [1.82, 2.24) is 0 Å². The highest BCUT2D eigenvalue weighted by molar-refractivity contribution is 5.70. The highest BCUT2D eigenvalue weighted by atomic mass is 16.6. The third-order valence-corrected chi connectivity index (χ3v) is 8.38. The van der Waals surface area contributed by atoms with Crippen molar-refractivity contribution in [3.05, 3.63) is 36.5 Å². The van der Waals surface area contributed by atoms with Crippen LogP contribution in [0.4, 0.5) is 0 Å². The number of unbranched alkanes of at least 4 members (excludes halogenated alkanes) is 11. The summed E-state index contributed by atoms with van der Waals surface area (Å²) in [6.07, 6.45) is 35.1. The molecule has 0 aromatic carbocycles. The molecule has 0 aromatic rings. The topological polar surface area (TPSA) is 85.4 Å². The Hall–Kier alpha value is -1.92. The Morgan fingerprint density at radius 2 is 1.32 bits per heavy atom. The van der Waals surface area contributed by atoms with Crippen LogP contribution in [-0.4, -0.2) is 48.6 Å². The maximum atomic E-state index is 12.1. The van der Waals surface area contributed by atoms with Crippen LogP contribution in [0.2, 0.25) is 0 Å². The molecule has 0 radical (unpaired) electrons. The number of hydrogen-bond acceptors (Lipinski definition) is 6. The third kappa shape index (κ3) is 24.4. The third-order valence-electron chi connectivity index (χ3n) is 8.38. The van der Waals surface area contributed by atoms with E-state index in [9.17, 15) is 14.7 Å². The Bertz CT molecular complexity index is 788. The largest absolute Gasteiger partial charge is 0.462 e. The molecule has 0 spiro atoms. The van der Waals surface area contributed by atoms with Gasteiger partial charge in [-0.15, -0.1) is 0 Å². The van der Waals surface area contributed by atoms with Gasteiger partial charge >= 0.3 is 11.9 Å². The molecule has 44 heavy (non-hydrogen) atoms. The molecule has 1 heterocycles. The number of aliphatic hydroxyl groups excluding tert-OH is 1. The van der Waals surface area contributed by atoms with Gasteiger partial charge in [-0.1, -0.05) is 128 Å². The lowest BCUT2D eigenvalue weighted by molar-refractivity contribution is -0.161. The number of esters is 2. The number of epoxide rings is 1. The van der Waals surface area contributed by atoms with Crippen molar-refractivity contribution < 1.29 is 28.9 Å². The van der Waals surface area contributed by atoms with Crippen molar-refractivity contribution in [2.75, 3.05) is 13.2 Å². The summed E-state index contributed by atoms with van der Waals surface area (Å²) in [7, 11) is 0. The van der Waals surface area contributed by atoms with Crippen molar-refractivity contribution in [3.8, 4) is 0 Å². The zero-order valence-corrected chi connectivity index (χ0v) is 28.5. The predicted octanol–water partition coefficient (Wildman–Crippen LogP) is 9.74. The normalized spacial score (nSPS) is 17.9. The van der Waals surface area contributed by atoms with Crippen molar-refractivity contribution >= 4 is 11.9 Å². The van der Waals surface area contributed by atoms with Crippen molar-refractivity contribution in [3.63, 3.8) is 0 Å². The molecule has 6 heteroatoms. The Kier molecular flexibility index (Phi) is 26.0. The molecule has 1 aliphatic rings. The van der Waals surface area contributed by atoms with Crippen LogP contribution in [0.1, 0.15) is 156 Å². The summed E-state index contributed by atoms with van der Waals surface area (Å²) in [5, 5.41) is 9.53. The van der Waals surface area contributed by atoms with Gasteiger partial charge in [0.05, 0.1) is 18.8 Å². The van der Waals surface area contributed by atoms with Crippen LogP contribution in [0.3, 0.4) is 0 Å².